The lowest BCUT2D eigenvalue weighted by Gasteiger charge is -2.07. The summed E-state index contributed by atoms with van der Waals surface area (Å²) in [7, 11) is 0. The second-order valence-electron chi connectivity index (χ2n) is 3.32. The van der Waals surface area contributed by atoms with Crippen molar-refractivity contribution < 1.29 is 4.74 Å². The molecule has 2 rings (SSSR count). The summed E-state index contributed by atoms with van der Waals surface area (Å²) in [4.78, 5) is 1.07. The van der Waals surface area contributed by atoms with Crippen LogP contribution in [-0.2, 0) is 6.54 Å². The minimum Gasteiger partial charge on any atom is -0.436 e. The van der Waals surface area contributed by atoms with Crippen molar-refractivity contribution in [2.45, 2.75) is 11.4 Å². The fraction of sp³-hybridized carbons (Fsp3) is 0.167. The number of thioether (sulfide) groups is 1. The van der Waals surface area contributed by atoms with Crippen molar-refractivity contribution in [2.75, 3.05) is 6.26 Å². The van der Waals surface area contributed by atoms with Gasteiger partial charge in [-0.05, 0) is 24.5 Å². The summed E-state index contributed by atoms with van der Waals surface area (Å²) in [6, 6.07) is 11.4. The summed E-state index contributed by atoms with van der Waals surface area (Å²) in [5, 5.41) is 7.90. The molecule has 0 fully saturated rings. The third-order valence-electron chi connectivity index (χ3n) is 2.19. The molecule has 4 nitrogen and oxygen atoms in total. The second-order valence-corrected chi connectivity index (χ2v) is 4.17. The van der Waals surface area contributed by atoms with Gasteiger partial charge in [0.2, 0.25) is 5.88 Å². The van der Waals surface area contributed by atoms with Gasteiger partial charge in [-0.2, -0.15) is 5.10 Å². The Morgan fingerprint density at radius 3 is 2.65 bits per heavy atom. The van der Waals surface area contributed by atoms with Gasteiger partial charge in [0.25, 0.3) is 0 Å². The average molecular weight is 247 g/mol. The Morgan fingerprint density at radius 2 is 2.00 bits per heavy atom. The Bertz CT molecular complexity index is 487. The molecule has 17 heavy (non-hydrogen) atoms. The van der Waals surface area contributed by atoms with E-state index in [1.54, 1.807) is 17.8 Å². The molecule has 1 aromatic heterocycles. The predicted molar refractivity (Wildman–Crippen MR) is 68.2 cm³/mol. The van der Waals surface area contributed by atoms with E-state index in [9.17, 15) is 0 Å². The number of nitrogens with two attached hydrogens (primary N) is 1. The van der Waals surface area contributed by atoms with Crippen LogP contribution in [0.2, 0.25) is 0 Å². The minimum atomic E-state index is 0.384. The van der Waals surface area contributed by atoms with Crippen LogP contribution in [0.1, 0.15) is 5.69 Å². The van der Waals surface area contributed by atoms with Gasteiger partial charge < -0.3 is 10.5 Å². The van der Waals surface area contributed by atoms with Gasteiger partial charge >= 0.3 is 0 Å². The summed E-state index contributed by atoms with van der Waals surface area (Å²) in [5.41, 5.74) is 6.20. The molecule has 1 heterocycles. The topological polar surface area (TPSA) is 61.0 Å². The third kappa shape index (κ3) is 2.95. The van der Waals surface area contributed by atoms with Crippen LogP contribution in [-0.4, -0.2) is 16.5 Å². The Hall–Kier alpha value is -1.59. The van der Waals surface area contributed by atoms with E-state index in [1.165, 1.54) is 0 Å². The minimum absolute atomic E-state index is 0.384. The number of benzene rings is 1. The van der Waals surface area contributed by atoms with Gasteiger partial charge in [-0.15, -0.1) is 16.9 Å². The van der Waals surface area contributed by atoms with Crippen LogP contribution in [0.15, 0.2) is 41.3 Å². The van der Waals surface area contributed by atoms with E-state index in [0.717, 1.165) is 16.3 Å². The maximum atomic E-state index is 5.66. The number of hydrogen-bond acceptors (Lipinski definition) is 5. The number of rotatable bonds is 4. The number of aromatic nitrogens is 2. The molecule has 0 bridgehead atoms. The van der Waals surface area contributed by atoms with Crippen LogP contribution < -0.4 is 10.5 Å². The number of ether oxygens (including phenoxy) is 1. The summed E-state index contributed by atoms with van der Waals surface area (Å²) < 4.78 is 5.66. The van der Waals surface area contributed by atoms with Gasteiger partial charge in [0.1, 0.15) is 5.75 Å². The summed E-state index contributed by atoms with van der Waals surface area (Å²) >= 11 is 1.63. The summed E-state index contributed by atoms with van der Waals surface area (Å²) in [6.45, 7) is 0.384. The molecule has 0 aliphatic carbocycles. The fourth-order valence-electron chi connectivity index (χ4n) is 1.33. The van der Waals surface area contributed by atoms with Crippen molar-refractivity contribution in [1.29, 1.82) is 0 Å². The van der Waals surface area contributed by atoms with E-state index in [2.05, 4.69) is 10.2 Å². The van der Waals surface area contributed by atoms with E-state index in [-0.39, 0.29) is 0 Å². The first kappa shape index (κ1) is 11.9. The highest BCUT2D eigenvalue weighted by Gasteiger charge is 2.04. The van der Waals surface area contributed by atoms with Crippen molar-refractivity contribution in [2.24, 2.45) is 5.73 Å². The zero-order valence-corrected chi connectivity index (χ0v) is 10.3. The molecule has 0 saturated carbocycles. The molecule has 1 aromatic carbocycles. The molecule has 0 aliphatic rings. The lowest BCUT2D eigenvalue weighted by Crippen LogP contribution is -2.01. The van der Waals surface area contributed by atoms with Crippen molar-refractivity contribution in [1.82, 2.24) is 10.2 Å². The first-order valence-corrected chi connectivity index (χ1v) is 6.39. The van der Waals surface area contributed by atoms with Gasteiger partial charge in [0, 0.05) is 17.5 Å². The van der Waals surface area contributed by atoms with E-state index < -0.39 is 0 Å². The predicted octanol–water partition coefficient (Wildman–Crippen LogP) is 2.45. The largest absolute Gasteiger partial charge is 0.436 e. The monoisotopic (exact) mass is 247 g/mol. The SMILES string of the molecule is CSc1ccccc1Oc1ccc(CN)nn1. The van der Waals surface area contributed by atoms with Gasteiger partial charge in [0.15, 0.2) is 0 Å². The maximum absolute atomic E-state index is 5.66. The van der Waals surface area contributed by atoms with Gasteiger partial charge in [-0.1, -0.05) is 12.1 Å². The molecule has 88 valence electrons. The van der Waals surface area contributed by atoms with Crippen molar-refractivity contribution in [3.05, 3.63) is 42.1 Å². The number of nitrogens with zero attached hydrogens (tertiary/aromatic N) is 2. The molecular weight excluding hydrogens is 234 g/mol. The van der Waals surface area contributed by atoms with Crippen LogP contribution in [0.3, 0.4) is 0 Å². The Morgan fingerprint density at radius 1 is 1.18 bits per heavy atom. The van der Waals surface area contributed by atoms with Crippen LogP contribution in [0.25, 0.3) is 0 Å². The highest BCUT2D eigenvalue weighted by atomic mass is 32.2. The summed E-state index contributed by atoms with van der Waals surface area (Å²) in [5.74, 6) is 1.26. The molecule has 0 atom stereocenters. The van der Waals surface area contributed by atoms with Crippen LogP contribution in [0, 0.1) is 0 Å². The van der Waals surface area contributed by atoms with Gasteiger partial charge in [0.05, 0.1) is 5.69 Å². The molecule has 0 amide bonds. The van der Waals surface area contributed by atoms with Crippen LogP contribution >= 0.6 is 11.8 Å². The number of hydrogen-bond donors (Lipinski definition) is 1. The Balaban J connectivity index is 2.19. The fourth-order valence-corrected chi connectivity index (χ4v) is 1.85. The molecule has 0 spiro atoms. The lowest BCUT2D eigenvalue weighted by atomic mass is 10.3. The van der Waals surface area contributed by atoms with Crippen molar-refractivity contribution in [3.8, 4) is 11.6 Å². The molecule has 0 radical (unpaired) electrons. The zero-order chi connectivity index (χ0) is 12.1. The van der Waals surface area contributed by atoms with Crippen molar-refractivity contribution >= 4 is 11.8 Å². The zero-order valence-electron chi connectivity index (χ0n) is 9.46. The molecule has 5 heteroatoms. The molecule has 2 N–H and O–H groups in total. The van der Waals surface area contributed by atoms with Crippen LogP contribution in [0.4, 0.5) is 0 Å². The van der Waals surface area contributed by atoms with Crippen LogP contribution in [0.5, 0.6) is 11.6 Å². The average Bonchev–Trinajstić information content (AvgIpc) is 2.40. The molecular formula is C12H13N3OS. The first-order chi connectivity index (χ1) is 8.33. The van der Waals surface area contributed by atoms with E-state index in [4.69, 9.17) is 10.5 Å². The molecule has 0 saturated heterocycles. The number of para-hydroxylation sites is 1. The Kier molecular flexibility index (Phi) is 3.95. The maximum Gasteiger partial charge on any atom is 0.238 e. The first-order valence-electron chi connectivity index (χ1n) is 5.17. The van der Waals surface area contributed by atoms with Gasteiger partial charge in [-0.3, -0.25) is 0 Å². The van der Waals surface area contributed by atoms with E-state index >= 15 is 0 Å². The highest BCUT2D eigenvalue weighted by molar-refractivity contribution is 7.98. The smallest absolute Gasteiger partial charge is 0.238 e. The normalized spacial score (nSPS) is 10.2. The van der Waals surface area contributed by atoms with Gasteiger partial charge in [-0.25, -0.2) is 0 Å². The molecule has 0 unspecified atom stereocenters. The highest BCUT2D eigenvalue weighted by Crippen LogP contribution is 2.29. The molecule has 2 aromatic rings. The van der Waals surface area contributed by atoms with Crippen molar-refractivity contribution in [3.63, 3.8) is 0 Å². The summed E-state index contributed by atoms with van der Waals surface area (Å²) in [6.07, 6.45) is 2.01. The lowest BCUT2D eigenvalue weighted by molar-refractivity contribution is 0.444. The van der Waals surface area contributed by atoms with E-state index in [0.29, 0.717) is 12.4 Å². The van der Waals surface area contributed by atoms with E-state index in [1.807, 2.05) is 36.6 Å². The standard InChI is InChI=1S/C12H13N3OS/c1-17-11-5-3-2-4-10(11)16-12-7-6-9(8-13)14-15-12/h2-7H,8,13H2,1H3. The second kappa shape index (κ2) is 5.65. The third-order valence-corrected chi connectivity index (χ3v) is 2.97. The quantitative estimate of drug-likeness (QED) is 0.841. The molecule has 0 aliphatic heterocycles. The Labute approximate surface area is 104 Å².